The molecule has 0 N–H and O–H groups in total. The average Bonchev–Trinajstić information content (AvgIpc) is 3.22. The second-order valence-corrected chi connectivity index (χ2v) is 17.4. The third-order valence-electron chi connectivity index (χ3n) is 11.7. The van der Waals surface area contributed by atoms with E-state index in [1.54, 1.807) is 0 Å². The molecule has 0 aromatic heterocycles. The maximum atomic E-state index is 11.5. The van der Waals surface area contributed by atoms with Crippen LogP contribution in [0.4, 0.5) is 34.1 Å². The van der Waals surface area contributed by atoms with Crippen LogP contribution in [0, 0.1) is 0 Å². The zero-order chi connectivity index (χ0) is 39.6. The van der Waals surface area contributed by atoms with Crippen molar-refractivity contribution >= 4 is 69.8 Å². The molecule has 7 aromatic carbocycles. The summed E-state index contributed by atoms with van der Waals surface area (Å²) < 4.78 is 0. The van der Waals surface area contributed by atoms with Gasteiger partial charge in [-0.05, 0) is 109 Å². The van der Waals surface area contributed by atoms with E-state index in [-0.39, 0.29) is 17.5 Å². The summed E-state index contributed by atoms with van der Waals surface area (Å²) in [5, 5.41) is 0. The number of carbonyl (C=O) groups excluding carboxylic acids is 2. The van der Waals surface area contributed by atoms with Crippen LogP contribution in [0.1, 0.15) is 73.4 Å². The molecule has 0 radical (unpaired) electrons. The topological polar surface area (TPSA) is 40.6 Å². The maximum Gasteiger partial charge on any atom is 0.252 e. The summed E-state index contributed by atoms with van der Waals surface area (Å²) in [5.74, 6) is 0. The average molecular weight is 741 g/mol. The van der Waals surface area contributed by atoms with Crippen molar-refractivity contribution in [3.05, 3.63) is 174 Å². The van der Waals surface area contributed by atoms with Crippen LogP contribution in [0.5, 0.6) is 0 Å². The van der Waals surface area contributed by atoms with E-state index in [4.69, 9.17) is 0 Å². The molecule has 2 heterocycles. The summed E-state index contributed by atoms with van der Waals surface area (Å²) in [4.78, 5) is 27.9. The van der Waals surface area contributed by atoms with Gasteiger partial charge in [0.15, 0.2) is 0 Å². The second-order valence-electron chi connectivity index (χ2n) is 17.4. The molecule has 4 nitrogen and oxygen atoms in total. The van der Waals surface area contributed by atoms with Gasteiger partial charge in [0, 0.05) is 45.3 Å². The van der Waals surface area contributed by atoms with Crippen LogP contribution in [-0.2, 0) is 10.8 Å². The number of aldehydes is 2. The zero-order valence-electron chi connectivity index (χ0n) is 33.4. The normalized spacial score (nSPS) is 13.1. The van der Waals surface area contributed by atoms with Gasteiger partial charge >= 0.3 is 0 Å². The first kappa shape index (κ1) is 36.2. The van der Waals surface area contributed by atoms with Gasteiger partial charge in [0.05, 0.1) is 0 Å². The summed E-state index contributed by atoms with van der Waals surface area (Å²) in [6.45, 7) is 13.5. The standard InChI is InChI=1S/C52H45BN2O2/c1-51(2,3)40-20-24-42(25-21-40)54-46-8-7-9-47-50(46)53(44-28-18-38(30-48(44)54)36-14-10-34(32-56)11-15-36)45-29-19-39(37-16-12-35(33-57)13-17-37)31-49(45)55(47)43-26-22-41(23-27-43)52(4,5)6/h7-33H,1-6H3. The number of hydrogen-bond acceptors (Lipinski definition) is 4. The molecule has 0 saturated carbocycles. The molecular weight excluding hydrogens is 695 g/mol. The molecule has 0 amide bonds. The van der Waals surface area contributed by atoms with Gasteiger partial charge in [-0.3, -0.25) is 9.59 Å². The van der Waals surface area contributed by atoms with Crippen molar-refractivity contribution in [3.63, 3.8) is 0 Å². The predicted molar refractivity (Wildman–Crippen MR) is 240 cm³/mol. The quantitative estimate of drug-likeness (QED) is 0.126. The van der Waals surface area contributed by atoms with Crippen LogP contribution >= 0.6 is 0 Å². The highest BCUT2D eigenvalue weighted by molar-refractivity contribution is 7.00. The first-order chi connectivity index (χ1) is 27.4. The minimum absolute atomic E-state index is 0.0261. The fourth-order valence-electron chi connectivity index (χ4n) is 8.57. The molecular formula is C52H45BN2O2. The number of fused-ring (bicyclic) bond motifs is 4. The van der Waals surface area contributed by atoms with E-state index in [0.29, 0.717) is 11.1 Å². The Bertz CT molecular complexity index is 2480. The lowest BCUT2D eigenvalue weighted by Crippen LogP contribution is -2.61. The van der Waals surface area contributed by atoms with E-state index in [1.165, 1.54) is 27.5 Å². The van der Waals surface area contributed by atoms with Crippen LogP contribution < -0.4 is 26.2 Å². The predicted octanol–water partition coefficient (Wildman–Crippen LogP) is 11.3. The molecule has 278 valence electrons. The Kier molecular flexibility index (Phi) is 8.66. The monoisotopic (exact) mass is 740 g/mol. The van der Waals surface area contributed by atoms with E-state index >= 15 is 0 Å². The molecule has 2 aliphatic heterocycles. The first-order valence-corrected chi connectivity index (χ1v) is 19.8. The third-order valence-corrected chi connectivity index (χ3v) is 11.7. The number of benzene rings is 7. The fraction of sp³-hybridized carbons (Fsp3) is 0.154. The van der Waals surface area contributed by atoms with Gasteiger partial charge in [0.1, 0.15) is 12.6 Å². The number of nitrogens with zero attached hydrogens (tertiary/aromatic N) is 2. The maximum absolute atomic E-state index is 11.5. The van der Waals surface area contributed by atoms with Crippen molar-refractivity contribution in [2.24, 2.45) is 0 Å². The Balaban J connectivity index is 1.30. The summed E-state index contributed by atoms with van der Waals surface area (Å²) in [5.41, 5.74) is 18.8. The molecule has 0 atom stereocenters. The second kappa shape index (κ2) is 13.6. The number of rotatable bonds is 6. The van der Waals surface area contributed by atoms with Gasteiger partial charge in [0.2, 0.25) is 0 Å². The summed E-state index contributed by atoms with van der Waals surface area (Å²) in [6, 6.07) is 54.2. The number of hydrogen-bond donors (Lipinski definition) is 0. The van der Waals surface area contributed by atoms with E-state index in [9.17, 15) is 9.59 Å². The Morgan fingerprint density at radius 2 is 0.789 bits per heavy atom. The van der Waals surface area contributed by atoms with Crippen molar-refractivity contribution in [1.82, 2.24) is 0 Å². The molecule has 2 aliphatic rings. The van der Waals surface area contributed by atoms with Crippen molar-refractivity contribution in [2.45, 2.75) is 52.4 Å². The van der Waals surface area contributed by atoms with Gasteiger partial charge in [-0.15, -0.1) is 0 Å². The van der Waals surface area contributed by atoms with Crippen LogP contribution in [0.25, 0.3) is 22.3 Å². The molecule has 5 heteroatoms. The smallest absolute Gasteiger partial charge is 0.252 e. The third kappa shape index (κ3) is 6.28. The molecule has 7 aromatic rings. The zero-order valence-corrected chi connectivity index (χ0v) is 33.4. The number of anilines is 6. The minimum Gasteiger partial charge on any atom is -0.311 e. The van der Waals surface area contributed by atoms with E-state index < -0.39 is 0 Å². The largest absolute Gasteiger partial charge is 0.311 e. The van der Waals surface area contributed by atoms with Gasteiger partial charge in [-0.1, -0.05) is 145 Å². The summed E-state index contributed by atoms with van der Waals surface area (Å²) in [7, 11) is 0. The highest BCUT2D eigenvalue weighted by Crippen LogP contribution is 2.46. The molecule has 0 spiro atoms. The van der Waals surface area contributed by atoms with E-state index in [0.717, 1.165) is 69.0 Å². The summed E-state index contributed by atoms with van der Waals surface area (Å²) >= 11 is 0. The highest BCUT2D eigenvalue weighted by atomic mass is 16.1. The highest BCUT2D eigenvalue weighted by Gasteiger charge is 2.43. The lowest BCUT2D eigenvalue weighted by atomic mass is 9.33. The molecule has 0 saturated heterocycles. The van der Waals surface area contributed by atoms with Crippen molar-refractivity contribution in [3.8, 4) is 22.3 Å². The van der Waals surface area contributed by atoms with Gasteiger partial charge in [-0.2, -0.15) is 0 Å². The van der Waals surface area contributed by atoms with Gasteiger partial charge < -0.3 is 9.80 Å². The van der Waals surface area contributed by atoms with Crippen molar-refractivity contribution in [2.75, 3.05) is 9.80 Å². The van der Waals surface area contributed by atoms with Crippen LogP contribution in [0.15, 0.2) is 152 Å². The van der Waals surface area contributed by atoms with Crippen molar-refractivity contribution < 1.29 is 9.59 Å². The summed E-state index contributed by atoms with van der Waals surface area (Å²) in [6.07, 6.45) is 1.78. The Labute approximate surface area is 336 Å². The molecule has 0 bridgehead atoms. The molecule has 57 heavy (non-hydrogen) atoms. The van der Waals surface area contributed by atoms with E-state index in [1.807, 2.05) is 48.5 Å². The lowest BCUT2D eigenvalue weighted by Gasteiger charge is -2.44. The van der Waals surface area contributed by atoms with Crippen LogP contribution in [0.3, 0.4) is 0 Å². The van der Waals surface area contributed by atoms with Crippen molar-refractivity contribution in [1.29, 1.82) is 0 Å². The molecule has 0 aliphatic carbocycles. The molecule has 9 rings (SSSR count). The number of carbonyl (C=O) groups is 2. The minimum atomic E-state index is -0.0330. The molecule has 0 fully saturated rings. The van der Waals surface area contributed by atoms with E-state index in [2.05, 4.69) is 154 Å². The SMILES string of the molecule is CC(C)(C)c1ccc(N2c3cc(-c4ccc(C=O)cc4)ccc3B3c4ccc(-c5ccc(C=O)cc5)cc4N(c4ccc(C(C)(C)C)cc4)c4cccc2c43)cc1. The fourth-order valence-corrected chi connectivity index (χ4v) is 8.57. The lowest BCUT2D eigenvalue weighted by molar-refractivity contribution is 0.111. The Morgan fingerprint density at radius 3 is 1.14 bits per heavy atom. The van der Waals surface area contributed by atoms with Crippen LogP contribution in [0.2, 0.25) is 0 Å². The van der Waals surface area contributed by atoms with Gasteiger partial charge in [-0.25, -0.2) is 0 Å². The first-order valence-electron chi connectivity index (χ1n) is 19.8. The Morgan fingerprint density at radius 1 is 0.421 bits per heavy atom. The van der Waals surface area contributed by atoms with Gasteiger partial charge in [0.25, 0.3) is 6.71 Å². The Hall–Kier alpha value is -6.46. The molecule has 0 unspecified atom stereocenters. The van der Waals surface area contributed by atoms with Crippen LogP contribution in [-0.4, -0.2) is 19.3 Å².